The Bertz CT molecular complexity index is 1060. The molecule has 2 fully saturated rings. The highest BCUT2D eigenvalue weighted by Gasteiger charge is 2.23. The second-order valence-corrected chi connectivity index (χ2v) is 9.32. The summed E-state index contributed by atoms with van der Waals surface area (Å²) in [6.07, 6.45) is 3.17. The summed E-state index contributed by atoms with van der Waals surface area (Å²) in [5.74, 6) is -0.326. The summed E-state index contributed by atoms with van der Waals surface area (Å²) < 4.78 is 33.8. The van der Waals surface area contributed by atoms with Crippen LogP contribution in [0.4, 0.5) is 11.4 Å². The summed E-state index contributed by atoms with van der Waals surface area (Å²) in [5.41, 5.74) is 1.12. The molecular formula is C22H25N3O5S. The number of para-hydroxylation sites is 1. The highest BCUT2D eigenvalue weighted by atomic mass is 32.2. The van der Waals surface area contributed by atoms with Crippen LogP contribution < -0.4 is 14.9 Å². The molecule has 0 spiro atoms. The maximum atomic E-state index is 12.9. The van der Waals surface area contributed by atoms with Crippen molar-refractivity contribution in [1.82, 2.24) is 5.32 Å². The minimum Gasteiger partial charge on any atom is -0.376 e. The van der Waals surface area contributed by atoms with Crippen molar-refractivity contribution < 1.29 is 22.7 Å². The van der Waals surface area contributed by atoms with Crippen LogP contribution >= 0.6 is 0 Å². The molecule has 31 heavy (non-hydrogen) atoms. The number of rotatable bonds is 7. The molecule has 0 bridgehead atoms. The number of nitrogens with one attached hydrogen (secondary N) is 2. The summed E-state index contributed by atoms with van der Waals surface area (Å²) in [5, 5.41) is 2.81. The van der Waals surface area contributed by atoms with Crippen molar-refractivity contribution in [2.75, 3.05) is 29.3 Å². The van der Waals surface area contributed by atoms with Crippen molar-refractivity contribution in [2.45, 2.75) is 36.7 Å². The van der Waals surface area contributed by atoms with Crippen molar-refractivity contribution in [3.8, 4) is 0 Å². The van der Waals surface area contributed by atoms with Crippen LogP contribution in [0.3, 0.4) is 0 Å². The maximum absolute atomic E-state index is 12.9. The van der Waals surface area contributed by atoms with E-state index in [9.17, 15) is 18.0 Å². The van der Waals surface area contributed by atoms with Crippen LogP contribution in [0.1, 0.15) is 36.0 Å². The lowest BCUT2D eigenvalue weighted by Crippen LogP contribution is -2.32. The molecule has 164 valence electrons. The Kier molecular flexibility index (Phi) is 6.24. The molecule has 2 aromatic rings. The first-order chi connectivity index (χ1) is 14.9. The third-order valence-electron chi connectivity index (χ3n) is 5.46. The average molecular weight is 444 g/mol. The van der Waals surface area contributed by atoms with Crippen molar-refractivity contribution in [3.63, 3.8) is 0 Å². The smallest absolute Gasteiger partial charge is 0.261 e. The molecule has 4 rings (SSSR count). The summed E-state index contributed by atoms with van der Waals surface area (Å²) in [6.45, 7) is 1.72. The fourth-order valence-corrected chi connectivity index (χ4v) is 4.89. The van der Waals surface area contributed by atoms with E-state index >= 15 is 0 Å². The molecule has 2 N–H and O–H groups in total. The first-order valence-corrected chi connectivity index (χ1v) is 11.8. The van der Waals surface area contributed by atoms with Crippen LogP contribution in [-0.2, 0) is 19.6 Å². The van der Waals surface area contributed by atoms with E-state index in [0.29, 0.717) is 31.8 Å². The van der Waals surface area contributed by atoms with E-state index in [1.54, 1.807) is 41.3 Å². The lowest BCUT2D eigenvalue weighted by molar-refractivity contribution is -0.117. The van der Waals surface area contributed by atoms with Crippen LogP contribution in [0, 0.1) is 0 Å². The Labute approximate surface area is 181 Å². The van der Waals surface area contributed by atoms with Crippen LogP contribution in [0.15, 0.2) is 53.4 Å². The van der Waals surface area contributed by atoms with E-state index in [1.807, 2.05) is 0 Å². The lowest BCUT2D eigenvalue weighted by atomic mass is 10.1. The number of sulfonamides is 1. The third-order valence-corrected chi connectivity index (χ3v) is 6.84. The van der Waals surface area contributed by atoms with Crippen LogP contribution in [0.2, 0.25) is 0 Å². The van der Waals surface area contributed by atoms with Gasteiger partial charge < -0.3 is 15.0 Å². The molecule has 2 saturated heterocycles. The second kappa shape index (κ2) is 9.07. The minimum absolute atomic E-state index is 0.00573. The van der Waals surface area contributed by atoms with Crippen LogP contribution in [0.5, 0.6) is 0 Å². The number of hydrogen-bond donors (Lipinski definition) is 2. The number of nitrogens with zero attached hydrogens (tertiary/aromatic N) is 1. The van der Waals surface area contributed by atoms with Gasteiger partial charge >= 0.3 is 0 Å². The Morgan fingerprint density at radius 2 is 1.87 bits per heavy atom. The first-order valence-electron chi connectivity index (χ1n) is 10.4. The molecular weight excluding hydrogens is 418 g/mol. The van der Waals surface area contributed by atoms with Crippen molar-refractivity contribution in [3.05, 3.63) is 54.1 Å². The molecule has 0 aromatic heterocycles. The predicted molar refractivity (Wildman–Crippen MR) is 117 cm³/mol. The van der Waals surface area contributed by atoms with Gasteiger partial charge in [-0.25, -0.2) is 8.42 Å². The fraction of sp³-hybridized carbons (Fsp3) is 0.364. The van der Waals surface area contributed by atoms with E-state index in [2.05, 4.69) is 10.0 Å². The molecule has 0 radical (unpaired) electrons. The average Bonchev–Trinajstić information content (AvgIpc) is 3.44. The normalized spacial score (nSPS) is 18.9. The number of ether oxygens (including phenoxy) is 1. The number of anilines is 2. The Morgan fingerprint density at radius 3 is 2.55 bits per heavy atom. The topological polar surface area (TPSA) is 105 Å². The van der Waals surface area contributed by atoms with Crippen LogP contribution in [-0.4, -0.2) is 46.0 Å². The summed E-state index contributed by atoms with van der Waals surface area (Å²) in [4.78, 5) is 26.2. The van der Waals surface area contributed by atoms with Crippen molar-refractivity contribution in [2.24, 2.45) is 0 Å². The molecule has 0 unspecified atom stereocenters. The van der Waals surface area contributed by atoms with E-state index in [4.69, 9.17) is 4.74 Å². The van der Waals surface area contributed by atoms with Gasteiger partial charge in [0, 0.05) is 31.8 Å². The molecule has 9 heteroatoms. The van der Waals surface area contributed by atoms with Gasteiger partial charge in [0.2, 0.25) is 5.91 Å². The number of benzene rings is 2. The number of carbonyl (C=O) groups excluding carboxylic acids is 2. The standard InChI is InChI=1S/C22H25N3O5S/c26-21-8-3-13-25(21)16-9-11-18(12-10-16)31(28,29)24-20-7-2-1-6-19(20)22(27)23-15-17-5-4-14-30-17/h1-2,6-7,9-12,17,24H,3-5,8,13-15H2,(H,23,27)/t17-/m1/s1. The SMILES string of the molecule is O=C(NC[C@H]1CCCO1)c1ccccc1NS(=O)(=O)c1ccc(N2CCCC2=O)cc1. The minimum atomic E-state index is -3.91. The second-order valence-electron chi connectivity index (χ2n) is 7.64. The van der Waals surface area contributed by atoms with Gasteiger partial charge in [0.15, 0.2) is 0 Å². The quantitative estimate of drug-likeness (QED) is 0.684. The highest BCUT2D eigenvalue weighted by molar-refractivity contribution is 7.92. The predicted octanol–water partition coefficient (Wildman–Crippen LogP) is 2.52. The molecule has 2 heterocycles. The highest BCUT2D eigenvalue weighted by Crippen LogP contribution is 2.25. The molecule has 2 aromatic carbocycles. The maximum Gasteiger partial charge on any atom is 0.261 e. The fourth-order valence-electron chi connectivity index (χ4n) is 3.81. The van der Waals surface area contributed by atoms with Gasteiger partial charge in [-0.15, -0.1) is 0 Å². The third kappa shape index (κ3) is 4.88. The Morgan fingerprint density at radius 1 is 1.10 bits per heavy atom. The van der Waals surface area contributed by atoms with E-state index in [-0.39, 0.29) is 34.1 Å². The summed E-state index contributed by atoms with van der Waals surface area (Å²) >= 11 is 0. The van der Waals surface area contributed by atoms with E-state index in [1.165, 1.54) is 12.1 Å². The zero-order valence-electron chi connectivity index (χ0n) is 17.0. The number of carbonyl (C=O) groups is 2. The Balaban J connectivity index is 1.47. The molecule has 8 nitrogen and oxygen atoms in total. The summed E-state index contributed by atoms with van der Waals surface area (Å²) in [6, 6.07) is 12.6. The molecule has 1 atom stereocenters. The lowest BCUT2D eigenvalue weighted by Gasteiger charge is -2.17. The molecule has 0 saturated carbocycles. The van der Waals surface area contributed by atoms with Gasteiger partial charge in [-0.1, -0.05) is 12.1 Å². The largest absolute Gasteiger partial charge is 0.376 e. The van der Waals surface area contributed by atoms with Crippen LogP contribution in [0.25, 0.3) is 0 Å². The summed E-state index contributed by atoms with van der Waals surface area (Å²) in [7, 11) is -3.91. The monoisotopic (exact) mass is 443 g/mol. The molecule has 2 aliphatic heterocycles. The van der Waals surface area contributed by atoms with E-state index in [0.717, 1.165) is 19.3 Å². The zero-order valence-corrected chi connectivity index (χ0v) is 17.9. The van der Waals surface area contributed by atoms with Crippen molar-refractivity contribution in [1.29, 1.82) is 0 Å². The molecule has 2 amide bonds. The van der Waals surface area contributed by atoms with E-state index < -0.39 is 10.0 Å². The zero-order chi connectivity index (χ0) is 21.8. The molecule has 2 aliphatic rings. The van der Waals surface area contributed by atoms with Gasteiger partial charge in [0.25, 0.3) is 15.9 Å². The van der Waals surface area contributed by atoms with Gasteiger partial charge in [-0.3, -0.25) is 14.3 Å². The van der Waals surface area contributed by atoms with Gasteiger partial charge in [-0.2, -0.15) is 0 Å². The van der Waals surface area contributed by atoms with Crippen molar-refractivity contribution >= 4 is 33.2 Å². The first kappa shape index (κ1) is 21.3. The van der Waals surface area contributed by atoms with Gasteiger partial charge in [-0.05, 0) is 55.7 Å². The van der Waals surface area contributed by atoms with Gasteiger partial charge in [0.1, 0.15) is 0 Å². The number of amides is 2. The molecule has 0 aliphatic carbocycles. The van der Waals surface area contributed by atoms with Gasteiger partial charge in [0.05, 0.1) is 22.3 Å². The number of hydrogen-bond acceptors (Lipinski definition) is 5. The Hall–Kier alpha value is -2.91.